The van der Waals surface area contributed by atoms with Gasteiger partial charge in [0.15, 0.2) is 11.5 Å². The lowest BCUT2D eigenvalue weighted by Crippen LogP contribution is -2.44. The van der Waals surface area contributed by atoms with E-state index in [2.05, 4.69) is 5.32 Å². The SMILES string of the molecule is CC(=O)Nc1ccc(N2C(=O)CC(N(Cc3ccc4c(c3)OCO4)C(=O)c3cccs3)C2=O)cc1. The molecule has 0 aliphatic carbocycles. The fourth-order valence-electron chi connectivity index (χ4n) is 4.13. The molecule has 3 aromatic rings. The van der Waals surface area contributed by atoms with Crippen molar-refractivity contribution < 1.29 is 28.7 Å². The zero-order valence-corrected chi connectivity index (χ0v) is 19.5. The number of carbonyl (C=O) groups is 4. The first-order chi connectivity index (χ1) is 16.9. The molecule has 10 heteroatoms. The quantitative estimate of drug-likeness (QED) is 0.530. The average Bonchev–Trinajstić information content (AvgIpc) is 3.58. The van der Waals surface area contributed by atoms with Crippen molar-refractivity contribution in [3.8, 4) is 11.5 Å². The Labute approximate surface area is 204 Å². The number of amides is 4. The first-order valence-electron chi connectivity index (χ1n) is 10.9. The summed E-state index contributed by atoms with van der Waals surface area (Å²) in [6.45, 7) is 1.64. The van der Waals surface area contributed by atoms with Crippen molar-refractivity contribution in [2.45, 2.75) is 25.9 Å². The number of fused-ring (bicyclic) bond motifs is 1. The Morgan fingerprint density at radius 2 is 1.86 bits per heavy atom. The monoisotopic (exact) mass is 491 g/mol. The summed E-state index contributed by atoms with van der Waals surface area (Å²) < 4.78 is 10.8. The first kappa shape index (κ1) is 22.6. The van der Waals surface area contributed by atoms with Crippen molar-refractivity contribution >= 4 is 46.3 Å². The lowest BCUT2D eigenvalue weighted by Gasteiger charge is -2.27. The minimum Gasteiger partial charge on any atom is -0.454 e. The molecule has 5 rings (SSSR count). The molecule has 2 aliphatic heterocycles. The van der Waals surface area contributed by atoms with Crippen LogP contribution in [0.3, 0.4) is 0 Å². The van der Waals surface area contributed by atoms with E-state index in [1.165, 1.54) is 23.2 Å². The molecule has 2 aromatic carbocycles. The number of nitrogens with zero attached hydrogens (tertiary/aromatic N) is 2. The smallest absolute Gasteiger partial charge is 0.264 e. The number of hydrogen-bond acceptors (Lipinski definition) is 7. The van der Waals surface area contributed by atoms with Crippen LogP contribution in [-0.2, 0) is 20.9 Å². The molecule has 1 atom stereocenters. The van der Waals surface area contributed by atoms with E-state index in [1.807, 2.05) is 6.07 Å². The third-order valence-electron chi connectivity index (χ3n) is 5.73. The number of anilines is 2. The number of benzene rings is 2. The van der Waals surface area contributed by atoms with Crippen molar-refractivity contribution in [2.75, 3.05) is 17.0 Å². The average molecular weight is 492 g/mol. The summed E-state index contributed by atoms with van der Waals surface area (Å²) in [5.41, 5.74) is 1.68. The van der Waals surface area contributed by atoms with E-state index in [-0.39, 0.29) is 31.6 Å². The van der Waals surface area contributed by atoms with E-state index >= 15 is 0 Å². The topological polar surface area (TPSA) is 105 Å². The Morgan fingerprint density at radius 1 is 1.09 bits per heavy atom. The normalized spacial score (nSPS) is 16.5. The Kier molecular flexibility index (Phi) is 5.96. The molecule has 0 bridgehead atoms. The zero-order valence-electron chi connectivity index (χ0n) is 18.7. The molecule has 1 aromatic heterocycles. The van der Waals surface area contributed by atoms with E-state index in [9.17, 15) is 19.2 Å². The second-order valence-corrected chi connectivity index (χ2v) is 9.06. The van der Waals surface area contributed by atoms with Gasteiger partial charge in [0, 0.05) is 19.2 Å². The fraction of sp³-hybridized carbons (Fsp3) is 0.200. The maximum absolute atomic E-state index is 13.5. The number of thiophene rings is 1. The summed E-state index contributed by atoms with van der Waals surface area (Å²) in [4.78, 5) is 54.1. The zero-order chi connectivity index (χ0) is 24.5. The molecule has 9 nitrogen and oxygen atoms in total. The van der Waals surface area contributed by atoms with Gasteiger partial charge in [-0.25, -0.2) is 4.90 Å². The summed E-state index contributed by atoms with van der Waals surface area (Å²) in [6.07, 6.45) is -0.131. The van der Waals surface area contributed by atoms with E-state index < -0.39 is 17.9 Å². The van der Waals surface area contributed by atoms with Gasteiger partial charge in [0.25, 0.3) is 11.8 Å². The Balaban J connectivity index is 1.43. The lowest BCUT2D eigenvalue weighted by atomic mass is 10.1. The van der Waals surface area contributed by atoms with Crippen molar-refractivity contribution in [3.05, 3.63) is 70.4 Å². The third kappa shape index (κ3) is 4.47. The van der Waals surface area contributed by atoms with Gasteiger partial charge in [-0.15, -0.1) is 11.3 Å². The largest absolute Gasteiger partial charge is 0.454 e. The highest BCUT2D eigenvalue weighted by Crippen LogP contribution is 2.34. The molecule has 178 valence electrons. The van der Waals surface area contributed by atoms with Crippen LogP contribution in [0.1, 0.15) is 28.6 Å². The highest BCUT2D eigenvalue weighted by atomic mass is 32.1. The van der Waals surface area contributed by atoms with Crippen LogP contribution in [0.5, 0.6) is 11.5 Å². The molecule has 0 radical (unpaired) electrons. The van der Waals surface area contributed by atoms with Gasteiger partial charge in [0.2, 0.25) is 18.6 Å². The van der Waals surface area contributed by atoms with Crippen LogP contribution in [0.25, 0.3) is 0 Å². The molecular formula is C25H21N3O6S. The number of ether oxygens (including phenoxy) is 2. The third-order valence-corrected chi connectivity index (χ3v) is 6.59. The fourth-order valence-corrected chi connectivity index (χ4v) is 4.81. The summed E-state index contributed by atoms with van der Waals surface area (Å²) in [5.74, 6) is -0.245. The van der Waals surface area contributed by atoms with E-state index in [1.54, 1.807) is 53.9 Å². The van der Waals surface area contributed by atoms with Gasteiger partial charge in [0.05, 0.1) is 17.0 Å². The van der Waals surface area contributed by atoms with Crippen LogP contribution >= 0.6 is 11.3 Å². The molecule has 4 amide bonds. The molecular weight excluding hydrogens is 470 g/mol. The Bertz CT molecular complexity index is 1310. The van der Waals surface area contributed by atoms with Gasteiger partial charge in [0.1, 0.15) is 6.04 Å². The molecule has 1 fully saturated rings. The number of rotatable bonds is 6. The van der Waals surface area contributed by atoms with Crippen molar-refractivity contribution in [3.63, 3.8) is 0 Å². The molecule has 1 saturated heterocycles. The minimum absolute atomic E-state index is 0.117. The van der Waals surface area contributed by atoms with Crippen LogP contribution in [0.15, 0.2) is 60.0 Å². The molecule has 1 N–H and O–H groups in total. The molecule has 3 heterocycles. The van der Waals surface area contributed by atoms with Crippen molar-refractivity contribution in [1.82, 2.24) is 4.90 Å². The van der Waals surface area contributed by atoms with Crippen LogP contribution in [0, 0.1) is 0 Å². The van der Waals surface area contributed by atoms with Crippen LogP contribution in [0.2, 0.25) is 0 Å². The minimum atomic E-state index is -0.961. The highest BCUT2D eigenvalue weighted by Gasteiger charge is 2.44. The van der Waals surface area contributed by atoms with Crippen LogP contribution in [-0.4, -0.2) is 41.4 Å². The Hall–Kier alpha value is -4.18. The molecule has 1 unspecified atom stereocenters. The molecule has 0 spiro atoms. The summed E-state index contributed by atoms with van der Waals surface area (Å²) in [7, 11) is 0. The first-order valence-corrected chi connectivity index (χ1v) is 11.8. The second-order valence-electron chi connectivity index (χ2n) is 8.11. The maximum atomic E-state index is 13.5. The Morgan fingerprint density at radius 3 is 2.57 bits per heavy atom. The standard InChI is InChI=1S/C25H21N3O6S/c1-15(29)26-17-5-7-18(8-6-17)28-23(30)12-19(24(28)31)27(25(32)22-3-2-10-35-22)13-16-4-9-20-21(11-16)34-14-33-20/h2-11,19H,12-14H2,1H3,(H,26,29). The van der Waals surface area contributed by atoms with Crippen molar-refractivity contribution in [2.24, 2.45) is 0 Å². The van der Waals surface area contributed by atoms with Gasteiger partial charge >= 0.3 is 0 Å². The molecule has 2 aliphatic rings. The predicted molar refractivity (Wildman–Crippen MR) is 128 cm³/mol. The van der Waals surface area contributed by atoms with Gasteiger partial charge < -0.3 is 19.7 Å². The van der Waals surface area contributed by atoms with Gasteiger partial charge in [-0.05, 0) is 53.4 Å². The summed E-state index contributed by atoms with van der Waals surface area (Å²) in [5, 5.41) is 4.44. The maximum Gasteiger partial charge on any atom is 0.264 e. The van der Waals surface area contributed by atoms with Crippen molar-refractivity contribution in [1.29, 1.82) is 0 Å². The van der Waals surface area contributed by atoms with Crippen LogP contribution < -0.4 is 19.7 Å². The van der Waals surface area contributed by atoms with E-state index in [4.69, 9.17) is 9.47 Å². The number of hydrogen-bond donors (Lipinski definition) is 1. The molecule has 0 saturated carbocycles. The highest BCUT2D eigenvalue weighted by molar-refractivity contribution is 7.12. The summed E-state index contributed by atoms with van der Waals surface area (Å²) >= 11 is 1.27. The van der Waals surface area contributed by atoms with Crippen LogP contribution in [0.4, 0.5) is 11.4 Å². The van der Waals surface area contributed by atoms with E-state index in [0.717, 1.165) is 10.5 Å². The number of nitrogens with one attached hydrogen (secondary N) is 1. The van der Waals surface area contributed by atoms with Gasteiger partial charge in [-0.2, -0.15) is 0 Å². The predicted octanol–water partition coefficient (Wildman–Crippen LogP) is 3.41. The lowest BCUT2D eigenvalue weighted by molar-refractivity contribution is -0.122. The van der Waals surface area contributed by atoms with Gasteiger partial charge in [-0.3, -0.25) is 19.2 Å². The van der Waals surface area contributed by atoms with E-state index in [0.29, 0.717) is 27.8 Å². The molecule has 35 heavy (non-hydrogen) atoms. The number of carbonyl (C=O) groups excluding carboxylic acids is 4. The van der Waals surface area contributed by atoms with Gasteiger partial charge in [-0.1, -0.05) is 12.1 Å². The number of imide groups is 1. The second kappa shape index (κ2) is 9.22. The summed E-state index contributed by atoms with van der Waals surface area (Å²) in [6, 6.07) is 14.3.